The fraction of sp³-hybridized carbons (Fsp3) is 0.737. The third-order valence-corrected chi connectivity index (χ3v) is 14.6. The van der Waals surface area contributed by atoms with E-state index in [2.05, 4.69) is 54.5 Å². The monoisotopic (exact) mass is 604 g/mol. The van der Waals surface area contributed by atoms with Crippen LogP contribution in [-0.4, -0.2) is 30.9 Å². The molecular formula is C38H54NO5+. The molecule has 6 rings (SSSR count). The van der Waals surface area contributed by atoms with Crippen molar-refractivity contribution in [2.45, 2.75) is 112 Å². The molecule has 4 fully saturated rings. The number of hydrogen-bond acceptors (Lipinski definition) is 5. The minimum absolute atomic E-state index is 0.0773. The maximum absolute atomic E-state index is 14.7. The maximum Gasteiger partial charge on any atom is 0.344 e. The molecule has 5 aliphatic rings. The lowest BCUT2D eigenvalue weighted by Crippen LogP contribution is -2.66. The van der Waals surface area contributed by atoms with Gasteiger partial charge in [0.1, 0.15) is 18.7 Å². The predicted octanol–water partition coefficient (Wildman–Crippen LogP) is 7.19. The van der Waals surface area contributed by atoms with Gasteiger partial charge in [0, 0.05) is 17.4 Å². The topological polar surface area (TPSA) is 73.6 Å². The van der Waals surface area contributed by atoms with Crippen LogP contribution in [0.15, 0.2) is 36.2 Å². The maximum atomic E-state index is 14.7. The average molecular weight is 605 g/mol. The van der Waals surface area contributed by atoms with Gasteiger partial charge in [0.15, 0.2) is 18.2 Å². The molecule has 240 valence electrons. The number of pyridine rings is 1. The molecule has 1 heterocycles. The number of rotatable bonds is 3. The van der Waals surface area contributed by atoms with E-state index in [1.807, 2.05) is 36.1 Å². The molecular weight excluding hydrogens is 550 g/mol. The highest BCUT2D eigenvalue weighted by atomic mass is 16.5. The number of allylic oxidation sites excluding steroid dienone is 2. The van der Waals surface area contributed by atoms with Crippen molar-refractivity contribution < 1.29 is 28.4 Å². The summed E-state index contributed by atoms with van der Waals surface area (Å²) in [5.74, 6) is 0.288. The summed E-state index contributed by atoms with van der Waals surface area (Å²) in [4.78, 5) is 40.9. The Balaban J connectivity index is 1.33. The van der Waals surface area contributed by atoms with E-state index in [4.69, 9.17) is 9.47 Å². The standard InChI is InChI=1S/C38H54NO5/c1-33(2)28-12-15-38(7)30(36(28,5)14-13-29(33)44-31(41)24-11-10-20-39(8)23-24)27(40)21-25-26-22-35(4,32(42)43-9)17-16-34(26,3)18-19-37(25,38)6/h10-11,20-21,23,26,28-30H,12-19,22H2,1-9H3/q+1/t26-,28-,29-,30+,34+,35-,36-,37+,38+/m0/s1. The molecule has 9 atom stereocenters. The molecule has 44 heavy (non-hydrogen) atoms. The fourth-order valence-electron chi connectivity index (χ4n) is 11.7. The highest BCUT2D eigenvalue weighted by Crippen LogP contribution is 2.75. The zero-order chi connectivity index (χ0) is 32.1. The van der Waals surface area contributed by atoms with E-state index in [9.17, 15) is 14.4 Å². The van der Waals surface area contributed by atoms with Crippen molar-refractivity contribution in [1.29, 1.82) is 0 Å². The Hall–Kier alpha value is -2.50. The lowest BCUT2D eigenvalue weighted by Gasteiger charge is -2.70. The van der Waals surface area contributed by atoms with Gasteiger partial charge in [0.25, 0.3) is 0 Å². The number of aryl methyl sites for hydroxylation is 1. The molecule has 0 aromatic carbocycles. The molecule has 0 radical (unpaired) electrons. The van der Waals surface area contributed by atoms with Gasteiger partial charge in [-0.05, 0) is 110 Å². The smallest absolute Gasteiger partial charge is 0.344 e. The number of ketones is 1. The van der Waals surface area contributed by atoms with Crippen LogP contribution in [0.3, 0.4) is 0 Å². The number of methoxy groups -OCH3 is 1. The fourth-order valence-corrected chi connectivity index (χ4v) is 11.7. The van der Waals surface area contributed by atoms with Crippen molar-refractivity contribution in [3.63, 3.8) is 0 Å². The normalized spacial score (nSPS) is 44.2. The van der Waals surface area contributed by atoms with E-state index in [-0.39, 0.29) is 68.7 Å². The van der Waals surface area contributed by atoms with Gasteiger partial charge in [-0.25, -0.2) is 9.36 Å². The first-order valence-corrected chi connectivity index (χ1v) is 17.0. The molecule has 0 N–H and O–H groups in total. The van der Waals surface area contributed by atoms with Gasteiger partial charge in [0.05, 0.1) is 12.5 Å². The van der Waals surface area contributed by atoms with Gasteiger partial charge < -0.3 is 9.47 Å². The number of fused-ring (bicyclic) bond motifs is 7. The van der Waals surface area contributed by atoms with Crippen LogP contribution in [0.2, 0.25) is 0 Å². The van der Waals surface area contributed by atoms with Crippen molar-refractivity contribution in [2.24, 2.45) is 57.3 Å². The Morgan fingerprint density at radius 1 is 0.932 bits per heavy atom. The second-order valence-electron chi connectivity index (χ2n) is 17.3. The van der Waals surface area contributed by atoms with E-state index in [0.717, 1.165) is 57.8 Å². The number of aromatic nitrogens is 1. The lowest BCUT2D eigenvalue weighted by molar-refractivity contribution is -0.671. The van der Waals surface area contributed by atoms with Crippen LogP contribution in [0.1, 0.15) is 117 Å². The van der Waals surface area contributed by atoms with Crippen LogP contribution in [0, 0.1) is 50.2 Å². The zero-order valence-electron chi connectivity index (χ0n) is 28.5. The van der Waals surface area contributed by atoms with Crippen molar-refractivity contribution in [2.75, 3.05) is 7.11 Å². The van der Waals surface area contributed by atoms with Crippen LogP contribution in [0.4, 0.5) is 0 Å². The van der Waals surface area contributed by atoms with Gasteiger partial charge in [-0.1, -0.05) is 47.1 Å². The number of esters is 2. The minimum Gasteiger partial charge on any atom is -0.469 e. The summed E-state index contributed by atoms with van der Waals surface area (Å²) in [5.41, 5.74) is 0.746. The zero-order valence-corrected chi connectivity index (χ0v) is 28.5. The highest BCUT2D eigenvalue weighted by Gasteiger charge is 2.70. The second-order valence-corrected chi connectivity index (χ2v) is 17.3. The molecule has 6 nitrogen and oxygen atoms in total. The van der Waals surface area contributed by atoms with Crippen LogP contribution < -0.4 is 4.57 Å². The Morgan fingerprint density at radius 3 is 2.32 bits per heavy atom. The number of carbonyl (C=O) groups excluding carboxylic acids is 3. The van der Waals surface area contributed by atoms with E-state index in [1.165, 1.54) is 12.7 Å². The SMILES string of the molecule is COC(=O)[C@@]1(C)CC[C@]2(C)CC[C@]3(C)C(=CC(=O)[C@@H]4[C@@]5(C)CC[C@H](OC(=O)c6ccc[n+](C)c6)C(C)(C)[C@@H]5CC[C@]43C)[C@@H]2C1. The summed E-state index contributed by atoms with van der Waals surface area (Å²) in [5, 5.41) is 0. The molecule has 0 amide bonds. The Morgan fingerprint density at radius 2 is 1.64 bits per heavy atom. The van der Waals surface area contributed by atoms with Crippen molar-refractivity contribution in [1.82, 2.24) is 0 Å². The van der Waals surface area contributed by atoms with Crippen LogP contribution in [0.25, 0.3) is 0 Å². The lowest BCUT2D eigenvalue weighted by atomic mass is 9.33. The molecule has 5 aliphatic carbocycles. The number of carbonyl (C=O) groups is 3. The molecule has 6 heteroatoms. The van der Waals surface area contributed by atoms with Crippen molar-refractivity contribution in [3.8, 4) is 0 Å². The first kappa shape index (κ1) is 31.5. The first-order chi connectivity index (χ1) is 20.4. The van der Waals surface area contributed by atoms with Gasteiger partial charge in [-0.15, -0.1) is 0 Å². The number of nitrogens with zero attached hydrogens (tertiary/aromatic N) is 1. The Kier molecular flexibility index (Phi) is 7.15. The third kappa shape index (κ3) is 4.24. The summed E-state index contributed by atoms with van der Waals surface area (Å²) in [6.45, 7) is 16.2. The molecule has 0 spiro atoms. The highest BCUT2D eigenvalue weighted by molar-refractivity contribution is 5.96. The van der Waals surface area contributed by atoms with Crippen LogP contribution >= 0.6 is 0 Å². The first-order valence-electron chi connectivity index (χ1n) is 17.0. The quantitative estimate of drug-likeness (QED) is 0.270. The third-order valence-electron chi connectivity index (χ3n) is 14.6. The summed E-state index contributed by atoms with van der Waals surface area (Å²) >= 11 is 0. The molecule has 0 unspecified atom stereocenters. The second kappa shape index (κ2) is 10.00. The summed E-state index contributed by atoms with van der Waals surface area (Å²) < 4.78 is 13.4. The minimum atomic E-state index is -0.514. The van der Waals surface area contributed by atoms with Crippen molar-refractivity contribution >= 4 is 17.7 Å². The Labute approximate surface area is 264 Å². The van der Waals surface area contributed by atoms with E-state index in [0.29, 0.717) is 5.56 Å². The number of hydrogen-bond donors (Lipinski definition) is 0. The van der Waals surface area contributed by atoms with E-state index in [1.54, 1.807) is 0 Å². The molecule has 0 aliphatic heterocycles. The van der Waals surface area contributed by atoms with Crippen molar-refractivity contribution in [3.05, 3.63) is 41.7 Å². The molecule has 1 aromatic rings. The molecule has 4 saturated carbocycles. The van der Waals surface area contributed by atoms with Gasteiger partial charge >= 0.3 is 11.9 Å². The van der Waals surface area contributed by atoms with Gasteiger partial charge in [0.2, 0.25) is 0 Å². The molecule has 0 bridgehead atoms. The average Bonchev–Trinajstić information content (AvgIpc) is 2.96. The molecule has 1 aromatic heterocycles. The van der Waals surface area contributed by atoms with E-state index < -0.39 is 5.41 Å². The summed E-state index contributed by atoms with van der Waals surface area (Å²) in [6.07, 6.45) is 14.0. The van der Waals surface area contributed by atoms with Gasteiger partial charge in [-0.3, -0.25) is 9.59 Å². The van der Waals surface area contributed by atoms with Crippen LogP contribution in [0.5, 0.6) is 0 Å². The van der Waals surface area contributed by atoms with Crippen LogP contribution in [-0.2, 0) is 26.1 Å². The summed E-state index contributed by atoms with van der Waals surface area (Å²) in [7, 11) is 3.41. The Bertz CT molecular complexity index is 1430. The summed E-state index contributed by atoms with van der Waals surface area (Å²) in [6, 6.07) is 3.69. The predicted molar refractivity (Wildman–Crippen MR) is 168 cm³/mol. The number of ether oxygens (including phenoxy) is 2. The van der Waals surface area contributed by atoms with Gasteiger partial charge in [-0.2, -0.15) is 0 Å². The molecule has 0 saturated heterocycles. The largest absolute Gasteiger partial charge is 0.469 e. The van der Waals surface area contributed by atoms with E-state index >= 15 is 0 Å².